The normalized spacial score (nSPS) is 11.2. The Labute approximate surface area is 153 Å². The molecule has 0 amide bonds. The molecule has 0 aliphatic carbocycles. The van der Waals surface area contributed by atoms with Gasteiger partial charge in [0.2, 0.25) is 5.88 Å². The fourth-order valence-electron chi connectivity index (χ4n) is 2.15. The standard InChI is InChI=1S/C19H13ClF3NO2/c20-17-10-14(19(21,22)23)11-18(24-17)26-16-8-6-15(7-9-16)25-12-13-4-2-1-3-5-13/h1-11H,12H2. The Morgan fingerprint density at radius 1 is 0.885 bits per heavy atom. The summed E-state index contributed by atoms with van der Waals surface area (Å²) in [4.78, 5) is 3.75. The summed E-state index contributed by atoms with van der Waals surface area (Å²) >= 11 is 5.64. The van der Waals surface area contributed by atoms with Gasteiger partial charge in [-0.2, -0.15) is 13.2 Å². The van der Waals surface area contributed by atoms with E-state index in [1.165, 1.54) is 0 Å². The predicted octanol–water partition coefficient (Wildman–Crippen LogP) is 6.13. The maximum atomic E-state index is 12.8. The Balaban J connectivity index is 1.67. The number of alkyl halides is 3. The van der Waals surface area contributed by atoms with E-state index < -0.39 is 11.7 Å². The number of aromatic nitrogens is 1. The molecule has 0 aliphatic rings. The summed E-state index contributed by atoms with van der Waals surface area (Å²) in [6.45, 7) is 0.409. The van der Waals surface area contributed by atoms with E-state index in [2.05, 4.69) is 4.98 Å². The van der Waals surface area contributed by atoms with E-state index in [4.69, 9.17) is 21.1 Å². The van der Waals surface area contributed by atoms with Crippen LogP contribution < -0.4 is 9.47 Å². The number of ether oxygens (including phenoxy) is 2. The lowest BCUT2D eigenvalue weighted by atomic mass is 10.2. The van der Waals surface area contributed by atoms with Gasteiger partial charge in [0.15, 0.2) is 0 Å². The Bertz CT molecular complexity index is 868. The van der Waals surface area contributed by atoms with Crippen molar-refractivity contribution in [2.45, 2.75) is 12.8 Å². The van der Waals surface area contributed by atoms with Crippen LogP contribution in [0.4, 0.5) is 13.2 Å². The lowest BCUT2D eigenvalue weighted by Crippen LogP contribution is -2.05. The van der Waals surface area contributed by atoms with E-state index in [9.17, 15) is 13.2 Å². The second-order valence-electron chi connectivity index (χ2n) is 5.36. The zero-order valence-corrected chi connectivity index (χ0v) is 14.1. The summed E-state index contributed by atoms with van der Waals surface area (Å²) in [5.41, 5.74) is 0.103. The van der Waals surface area contributed by atoms with Crippen LogP contribution in [0.15, 0.2) is 66.7 Å². The number of rotatable bonds is 5. The molecule has 3 nitrogen and oxygen atoms in total. The van der Waals surface area contributed by atoms with E-state index >= 15 is 0 Å². The molecule has 0 bridgehead atoms. The lowest BCUT2D eigenvalue weighted by molar-refractivity contribution is -0.137. The van der Waals surface area contributed by atoms with Crippen LogP contribution in [0.2, 0.25) is 5.15 Å². The highest BCUT2D eigenvalue weighted by atomic mass is 35.5. The smallest absolute Gasteiger partial charge is 0.416 e. The van der Waals surface area contributed by atoms with Crippen LogP contribution in [0.25, 0.3) is 0 Å². The second kappa shape index (κ2) is 7.66. The van der Waals surface area contributed by atoms with Crippen molar-refractivity contribution in [3.63, 3.8) is 0 Å². The Morgan fingerprint density at radius 2 is 1.54 bits per heavy atom. The molecule has 0 atom stereocenters. The maximum Gasteiger partial charge on any atom is 0.416 e. The molecular formula is C19H13ClF3NO2. The summed E-state index contributed by atoms with van der Waals surface area (Å²) in [6, 6.07) is 17.7. The van der Waals surface area contributed by atoms with Crippen LogP contribution in [-0.2, 0) is 12.8 Å². The molecule has 0 saturated heterocycles. The molecule has 3 rings (SSSR count). The molecule has 0 N–H and O–H groups in total. The quantitative estimate of drug-likeness (QED) is 0.500. The van der Waals surface area contributed by atoms with Gasteiger partial charge < -0.3 is 9.47 Å². The van der Waals surface area contributed by atoms with Crippen molar-refractivity contribution in [1.29, 1.82) is 0 Å². The minimum absolute atomic E-state index is 0.234. The van der Waals surface area contributed by atoms with E-state index in [1.807, 2.05) is 30.3 Å². The van der Waals surface area contributed by atoms with Crippen LogP contribution >= 0.6 is 11.6 Å². The number of benzene rings is 2. The summed E-state index contributed by atoms with van der Waals surface area (Å²) < 4.78 is 49.4. The van der Waals surface area contributed by atoms with Crippen molar-refractivity contribution in [2.75, 3.05) is 0 Å². The maximum absolute atomic E-state index is 12.8. The average molecular weight is 380 g/mol. The van der Waals surface area contributed by atoms with Crippen molar-refractivity contribution in [3.05, 3.63) is 83.0 Å². The predicted molar refractivity (Wildman–Crippen MR) is 91.5 cm³/mol. The van der Waals surface area contributed by atoms with E-state index in [-0.39, 0.29) is 11.0 Å². The van der Waals surface area contributed by atoms with Gasteiger partial charge in [0.05, 0.1) is 5.56 Å². The number of hydrogen-bond acceptors (Lipinski definition) is 3. The number of hydrogen-bond donors (Lipinski definition) is 0. The van der Waals surface area contributed by atoms with Crippen LogP contribution in [0.1, 0.15) is 11.1 Å². The lowest BCUT2D eigenvalue weighted by Gasteiger charge is -2.11. The van der Waals surface area contributed by atoms with Gasteiger partial charge in [0, 0.05) is 6.07 Å². The van der Waals surface area contributed by atoms with E-state index in [1.54, 1.807) is 24.3 Å². The average Bonchev–Trinajstić information content (AvgIpc) is 2.61. The molecule has 0 unspecified atom stereocenters. The topological polar surface area (TPSA) is 31.4 Å². The first kappa shape index (κ1) is 18.1. The monoisotopic (exact) mass is 379 g/mol. The highest BCUT2D eigenvalue weighted by molar-refractivity contribution is 6.29. The first-order valence-corrected chi connectivity index (χ1v) is 7.97. The molecule has 0 radical (unpaired) electrons. The minimum atomic E-state index is -4.53. The van der Waals surface area contributed by atoms with Gasteiger partial charge in [0.25, 0.3) is 0 Å². The van der Waals surface area contributed by atoms with Crippen LogP contribution in [-0.4, -0.2) is 4.98 Å². The Kier molecular flexibility index (Phi) is 5.32. The third kappa shape index (κ3) is 4.89. The minimum Gasteiger partial charge on any atom is -0.489 e. The molecule has 3 aromatic rings. The number of nitrogens with zero attached hydrogens (tertiary/aromatic N) is 1. The van der Waals surface area contributed by atoms with Gasteiger partial charge in [-0.1, -0.05) is 41.9 Å². The van der Waals surface area contributed by atoms with Gasteiger partial charge in [-0.15, -0.1) is 0 Å². The zero-order valence-electron chi connectivity index (χ0n) is 13.3. The van der Waals surface area contributed by atoms with Gasteiger partial charge in [-0.25, -0.2) is 4.98 Å². The summed E-state index contributed by atoms with van der Waals surface area (Å²) in [6.07, 6.45) is -4.53. The molecule has 0 fully saturated rings. The summed E-state index contributed by atoms with van der Waals surface area (Å²) in [5.74, 6) is 0.693. The first-order valence-electron chi connectivity index (χ1n) is 7.59. The van der Waals surface area contributed by atoms with Crippen molar-refractivity contribution in [1.82, 2.24) is 4.98 Å². The molecule has 0 saturated carbocycles. The van der Waals surface area contributed by atoms with Gasteiger partial charge in [-0.3, -0.25) is 0 Å². The zero-order chi connectivity index (χ0) is 18.6. The van der Waals surface area contributed by atoms with Crippen molar-refractivity contribution in [2.24, 2.45) is 0 Å². The Hall–Kier alpha value is -2.73. The third-order valence-electron chi connectivity index (χ3n) is 3.39. The van der Waals surface area contributed by atoms with Crippen LogP contribution in [0.5, 0.6) is 17.4 Å². The largest absolute Gasteiger partial charge is 0.489 e. The molecule has 1 aromatic heterocycles. The molecule has 0 spiro atoms. The third-order valence-corrected chi connectivity index (χ3v) is 3.59. The summed E-state index contributed by atoms with van der Waals surface area (Å²) in [5, 5.41) is -0.294. The van der Waals surface area contributed by atoms with Crippen LogP contribution in [0, 0.1) is 0 Å². The SMILES string of the molecule is FC(F)(F)c1cc(Cl)nc(Oc2ccc(OCc3ccccc3)cc2)c1. The molecule has 1 heterocycles. The second-order valence-corrected chi connectivity index (χ2v) is 5.75. The fourth-order valence-corrected chi connectivity index (χ4v) is 2.36. The first-order chi connectivity index (χ1) is 12.4. The molecule has 134 valence electrons. The highest BCUT2D eigenvalue weighted by Crippen LogP contribution is 2.34. The molecule has 7 heteroatoms. The molecule has 2 aromatic carbocycles. The Morgan fingerprint density at radius 3 is 2.19 bits per heavy atom. The molecule has 26 heavy (non-hydrogen) atoms. The fraction of sp³-hybridized carbons (Fsp3) is 0.105. The van der Waals surface area contributed by atoms with Gasteiger partial charge in [-0.05, 0) is 35.9 Å². The number of pyridine rings is 1. The van der Waals surface area contributed by atoms with E-state index in [0.29, 0.717) is 18.1 Å². The van der Waals surface area contributed by atoms with Gasteiger partial charge >= 0.3 is 6.18 Å². The van der Waals surface area contributed by atoms with Crippen molar-refractivity contribution < 1.29 is 22.6 Å². The molecular weight excluding hydrogens is 367 g/mol. The molecule has 0 aliphatic heterocycles. The van der Waals surface area contributed by atoms with Crippen molar-refractivity contribution in [3.8, 4) is 17.4 Å². The van der Waals surface area contributed by atoms with Gasteiger partial charge in [0.1, 0.15) is 23.3 Å². The van der Waals surface area contributed by atoms with Crippen molar-refractivity contribution >= 4 is 11.6 Å². The van der Waals surface area contributed by atoms with Crippen LogP contribution in [0.3, 0.4) is 0 Å². The summed E-state index contributed by atoms with van der Waals surface area (Å²) in [7, 11) is 0. The number of halogens is 4. The van der Waals surface area contributed by atoms with E-state index in [0.717, 1.165) is 17.7 Å². The highest BCUT2D eigenvalue weighted by Gasteiger charge is 2.31.